The zero-order chi connectivity index (χ0) is 19.8. The van der Waals surface area contributed by atoms with E-state index in [2.05, 4.69) is 46.0 Å². The number of nitrogens with one attached hydrogen (secondary N) is 1. The molecule has 0 unspecified atom stereocenters. The smallest absolute Gasteiger partial charge is 0.173 e. The maximum absolute atomic E-state index is 5.74. The maximum atomic E-state index is 5.74. The van der Waals surface area contributed by atoms with Crippen molar-refractivity contribution in [2.75, 3.05) is 51.1 Å². The van der Waals surface area contributed by atoms with E-state index in [1.165, 1.54) is 18.7 Å². The summed E-state index contributed by atoms with van der Waals surface area (Å²) in [5, 5.41) is 4.17. The number of furan rings is 1. The summed E-state index contributed by atoms with van der Waals surface area (Å²) in [6, 6.07) is 12.2. The molecule has 1 aromatic heterocycles. The van der Waals surface area contributed by atoms with Crippen LogP contribution in [0.15, 0.2) is 47.1 Å². The molecule has 1 aromatic carbocycles. The molecule has 2 aromatic rings. The second kappa shape index (κ2) is 10.6. The summed E-state index contributed by atoms with van der Waals surface area (Å²) in [6.45, 7) is 12.9. The lowest BCUT2D eigenvalue weighted by molar-refractivity contribution is 0.134. The number of hydrogen-bond donors (Lipinski definition) is 1. The number of rotatable bonds is 8. The van der Waals surface area contributed by atoms with Crippen molar-refractivity contribution in [3.8, 4) is 0 Å². The zero-order valence-electron chi connectivity index (χ0n) is 17.1. The fourth-order valence-corrected chi connectivity index (χ4v) is 3.83. The fraction of sp³-hybridized carbons (Fsp3) is 0.500. The number of aryl methyl sites for hydroxylation is 1. The third-order valence-electron chi connectivity index (χ3n) is 5.42. The topological polar surface area (TPSA) is 34.9 Å². The second-order valence-electron chi connectivity index (χ2n) is 7.38. The van der Waals surface area contributed by atoms with Crippen molar-refractivity contribution in [2.45, 2.75) is 26.8 Å². The normalized spacial score (nSPS) is 15.5. The van der Waals surface area contributed by atoms with Gasteiger partial charge in [-0.25, -0.2) is 0 Å². The Balaban J connectivity index is 1.54. The Morgan fingerprint density at radius 3 is 2.54 bits per heavy atom. The molecular weight excluding hydrogens is 368 g/mol. The Bertz CT molecular complexity index is 726. The monoisotopic (exact) mass is 400 g/mol. The standard InChI is InChI=1S/C22H32N4OS/c1-3-24-13-15-25(16-14-24)11-7-12-26(18-20-9-6-17-27-20)22(28)23-21-10-5-4-8-19(21)2/h4-6,8-10,17H,3,7,11-16,18H2,1-2H3,(H,23,28). The molecule has 28 heavy (non-hydrogen) atoms. The van der Waals surface area contributed by atoms with E-state index in [0.29, 0.717) is 6.54 Å². The van der Waals surface area contributed by atoms with Crippen molar-refractivity contribution < 1.29 is 4.42 Å². The first-order valence-corrected chi connectivity index (χ1v) is 10.6. The third kappa shape index (κ3) is 6.06. The largest absolute Gasteiger partial charge is 0.467 e. The van der Waals surface area contributed by atoms with Gasteiger partial charge in [0.25, 0.3) is 0 Å². The molecule has 0 radical (unpaired) electrons. The van der Waals surface area contributed by atoms with Gasteiger partial charge in [0.2, 0.25) is 0 Å². The summed E-state index contributed by atoms with van der Waals surface area (Å²) < 4.78 is 5.56. The number of thiocarbonyl (C=S) groups is 1. The molecule has 5 nitrogen and oxygen atoms in total. The summed E-state index contributed by atoms with van der Waals surface area (Å²) in [5.74, 6) is 0.936. The van der Waals surface area contributed by atoms with Gasteiger partial charge in [0.15, 0.2) is 5.11 Å². The molecule has 1 N–H and O–H groups in total. The molecule has 1 aliphatic rings. The van der Waals surface area contributed by atoms with E-state index in [4.69, 9.17) is 16.6 Å². The molecule has 0 bridgehead atoms. The maximum Gasteiger partial charge on any atom is 0.173 e. The van der Waals surface area contributed by atoms with Crippen LogP contribution in [0.4, 0.5) is 5.69 Å². The van der Waals surface area contributed by atoms with Crippen molar-refractivity contribution in [1.29, 1.82) is 0 Å². The quantitative estimate of drug-likeness (QED) is 0.679. The Morgan fingerprint density at radius 2 is 1.86 bits per heavy atom. The summed E-state index contributed by atoms with van der Waals surface area (Å²) in [5.41, 5.74) is 2.25. The molecule has 0 spiro atoms. The van der Waals surface area contributed by atoms with Crippen molar-refractivity contribution in [1.82, 2.24) is 14.7 Å². The Morgan fingerprint density at radius 1 is 1.11 bits per heavy atom. The summed E-state index contributed by atoms with van der Waals surface area (Å²) >= 11 is 5.74. The molecule has 1 aliphatic heterocycles. The lowest BCUT2D eigenvalue weighted by Gasteiger charge is -2.34. The van der Waals surface area contributed by atoms with Gasteiger partial charge >= 0.3 is 0 Å². The van der Waals surface area contributed by atoms with Crippen LogP contribution in [0, 0.1) is 6.92 Å². The van der Waals surface area contributed by atoms with Crippen LogP contribution >= 0.6 is 12.2 Å². The van der Waals surface area contributed by atoms with Crippen molar-refractivity contribution >= 4 is 23.0 Å². The summed E-state index contributed by atoms with van der Waals surface area (Å²) in [6.07, 6.45) is 2.81. The lowest BCUT2D eigenvalue weighted by atomic mass is 10.2. The number of anilines is 1. The van der Waals surface area contributed by atoms with E-state index in [1.807, 2.05) is 24.3 Å². The Kier molecular flexibility index (Phi) is 7.89. The van der Waals surface area contributed by atoms with E-state index < -0.39 is 0 Å². The van der Waals surface area contributed by atoms with Crippen LogP contribution in [0.1, 0.15) is 24.7 Å². The molecule has 0 aliphatic carbocycles. The van der Waals surface area contributed by atoms with E-state index in [-0.39, 0.29) is 0 Å². The molecule has 3 rings (SSSR count). The van der Waals surface area contributed by atoms with Crippen LogP contribution in [0.25, 0.3) is 0 Å². The van der Waals surface area contributed by atoms with Crippen LogP contribution < -0.4 is 5.32 Å². The van der Waals surface area contributed by atoms with Crippen molar-refractivity contribution in [2.24, 2.45) is 0 Å². The predicted molar refractivity (Wildman–Crippen MR) is 120 cm³/mol. The van der Waals surface area contributed by atoms with Gasteiger partial charge in [0.1, 0.15) is 5.76 Å². The summed E-state index contributed by atoms with van der Waals surface area (Å²) in [7, 11) is 0. The number of nitrogens with zero attached hydrogens (tertiary/aromatic N) is 3. The highest BCUT2D eigenvalue weighted by atomic mass is 32.1. The lowest BCUT2D eigenvalue weighted by Crippen LogP contribution is -2.46. The third-order valence-corrected chi connectivity index (χ3v) is 5.78. The van der Waals surface area contributed by atoms with E-state index in [1.54, 1.807) is 6.26 Å². The van der Waals surface area contributed by atoms with Crippen molar-refractivity contribution in [3.05, 3.63) is 54.0 Å². The second-order valence-corrected chi connectivity index (χ2v) is 7.76. The first kappa shape index (κ1) is 20.8. The minimum atomic E-state index is 0.689. The predicted octanol–water partition coefficient (Wildman–Crippen LogP) is 3.81. The van der Waals surface area contributed by atoms with Gasteiger partial charge in [-0.05, 0) is 62.4 Å². The first-order chi connectivity index (χ1) is 13.7. The fourth-order valence-electron chi connectivity index (χ4n) is 3.56. The average Bonchev–Trinajstić information content (AvgIpc) is 3.22. The average molecular weight is 401 g/mol. The number of piperazine rings is 1. The van der Waals surface area contributed by atoms with Crippen LogP contribution in [0.3, 0.4) is 0 Å². The van der Waals surface area contributed by atoms with Gasteiger partial charge in [0, 0.05) is 38.4 Å². The summed E-state index contributed by atoms with van der Waals surface area (Å²) in [4.78, 5) is 7.29. The Labute approximate surface area is 174 Å². The molecule has 1 saturated heterocycles. The van der Waals surface area contributed by atoms with Crippen LogP contribution in [0.2, 0.25) is 0 Å². The van der Waals surface area contributed by atoms with Crippen LogP contribution in [0.5, 0.6) is 0 Å². The Hall–Kier alpha value is -1.89. The minimum Gasteiger partial charge on any atom is -0.467 e. The van der Waals surface area contributed by atoms with Crippen LogP contribution in [-0.4, -0.2) is 65.6 Å². The highest BCUT2D eigenvalue weighted by Gasteiger charge is 2.17. The van der Waals surface area contributed by atoms with Gasteiger partial charge in [-0.2, -0.15) is 0 Å². The molecule has 1 fully saturated rings. The molecule has 0 atom stereocenters. The minimum absolute atomic E-state index is 0.689. The zero-order valence-corrected chi connectivity index (χ0v) is 17.9. The SMILES string of the molecule is CCN1CCN(CCCN(Cc2ccco2)C(=S)Nc2ccccc2C)CC1. The molecule has 0 saturated carbocycles. The number of likely N-dealkylation sites (N-methyl/N-ethyl adjacent to an activating group) is 1. The van der Waals surface area contributed by atoms with Gasteiger partial charge in [-0.1, -0.05) is 25.1 Å². The van der Waals surface area contributed by atoms with E-state index in [0.717, 1.165) is 55.7 Å². The molecule has 2 heterocycles. The number of hydrogen-bond acceptors (Lipinski definition) is 4. The highest BCUT2D eigenvalue weighted by Crippen LogP contribution is 2.16. The number of para-hydroxylation sites is 1. The van der Waals surface area contributed by atoms with E-state index >= 15 is 0 Å². The molecule has 6 heteroatoms. The van der Waals surface area contributed by atoms with Gasteiger partial charge in [-0.15, -0.1) is 0 Å². The number of benzene rings is 1. The first-order valence-electron chi connectivity index (χ1n) is 10.2. The van der Waals surface area contributed by atoms with Gasteiger partial charge in [0.05, 0.1) is 12.8 Å². The molecular formula is C22H32N4OS. The molecule has 0 amide bonds. The van der Waals surface area contributed by atoms with Crippen molar-refractivity contribution in [3.63, 3.8) is 0 Å². The van der Waals surface area contributed by atoms with E-state index in [9.17, 15) is 0 Å². The highest BCUT2D eigenvalue weighted by molar-refractivity contribution is 7.80. The van der Waals surface area contributed by atoms with Crippen LogP contribution in [-0.2, 0) is 6.54 Å². The van der Waals surface area contributed by atoms with Gasteiger partial charge in [-0.3, -0.25) is 0 Å². The molecule has 152 valence electrons. The van der Waals surface area contributed by atoms with Gasteiger partial charge < -0.3 is 24.4 Å².